The summed E-state index contributed by atoms with van der Waals surface area (Å²) in [5.74, 6) is -1.90. The van der Waals surface area contributed by atoms with E-state index in [2.05, 4.69) is 38.1 Å². The molecule has 1 aliphatic rings. The molecule has 0 N–H and O–H groups in total. The van der Waals surface area contributed by atoms with Crippen molar-refractivity contribution in [3.05, 3.63) is 64.7 Å². The van der Waals surface area contributed by atoms with Crippen molar-refractivity contribution >= 4 is 0 Å². The molecule has 0 saturated carbocycles. The fraction of sp³-hybridized carbons (Fsp3) is 0.636. The molecule has 0 aliphatic carbocycles. The first-order valence-corrected chi connectivity index (χ1v) is 15.1. The highest BCUT2D eigenvalue weighted by molar-refractivity contribution is 5.32. The lowest BCUT2D eigenvalue weighted by Crippen LogP contribution is -2.26. The number of ether oxygens (including phenoxy) is 3. The van der Waals surface area contributed by atoms with Gasteiger partial charge in [0.05, 0.1) is 19.8 Å². The van der Waals surface area contributed by atoms with Crippen molar-refractivity contribution in [1.82, 2.24) is 0 Å². The third kappa shape index (κ3) is 9.96. The molecule has 38 heavy (non-hydrogen) atoms. The summed E-state index contributed by atoms with van der Waals surface area (Å²) in [5.41, 5.74) is 2.59. The molecule has 1 heterocycles. The van der Waals surface area contributed by atoms with Crippen LogP contribution in [0.1, 0.15) is 126 Å². The maximum atomic E-state index is 14.8. The first-order chi connectivity index (χ1) is 18.6. The second-order valence-electron chi connectivity index (χ2n) is 10.7. The SMILES string of the molecule is CCCCCCCCCc1ccc(C2COC(c3ccc(OCCCCCCCC)c(F)c3F)OC2)cc1. The molecule has 1 fully saturated rings. The van der Waals surface area contributed by atoms with Crippen LogP contribution in [0.15, 0.2) is 36.4 Å². The highest BCUT2D eigenvalue weighted by atomic mass is 19.2. The lowest BCUT2D eigenvalue weighted by atomic mass is 9.97. The summed E-state index contributed by atoms with van der Waals surface area (Å²) < 4.78 is 46.6. The fourth-order valence-electron chi connectivity index (χ4n) is 5.02. The predicted octanol–water partition coefficient (Wildman–Crippen LogP) is 9.83. The van der Waals surface area contributed by atoms with E-state index in [-0.39, 0.29) is 17.2 Å². The van der Waals surface area contributed by atoms with Gasteiger partial charge >= 0.3 is 0 Å². The van der Waals surface area contributed by atoms with Crippen molar-refractivity contribution in [3.8, 4) is 5.75 Å². The second kappa shape index (κ2) is 17.6. The number of unbranched alkanes of at least 4 members (excludes halogenated alkanes) is 11. The quantitative estimate of drug-likeness (QED) is 0.180. The Morgan fingerprint density at radius 1 is 0.684 bits per heavy atom. The molecule has 1 aliphatic heterocycles. The molecule has 1 saturated heterocycles. The Labute approximate surface area is 229 Å². The molecule has 212 valence electrons. The van der Waals surface area contributed by atoms with Gasteiger partial charge < -0.3 is 14.2 Å². The molecule has 2 aromatic rings. The molecule has 2 aromatic carbocycles. The van der Waals surface area contributed by atoms with E-state index in [1.807, 2.05) is 0 Å². The summed E-state index contributed by atoms with van der Waals surface area (Å²) >= 11 is 0. The smallest absolute Gasteiger partial charge is 0.201 e. The van der Waals surface area contributed by atoms with Crippen molar-refractivity contribution in [2.45, 2.75) is 116 Å². The van der Waals surface area contributed by atoms with Crippen LogP contribution in [0.4, 0.5) is 8.78 Å². The molecule has 0 aromatic heterocycles. The van der Waals surface area contributed by atoms with Gasteiger partial charge in [0.1, 0.15) is 0 Å². The molecular weight excluding hydrogens is 482 g/mol. The highest BCUT2D eigenvalue weighted by Gasteiger charge is 2.28. The van der Waals surface area contributed by atoms with Crippen molar-refractivity contribution in [2.24, 2.45) is 0 Å². The van der Waals surface area contributed by atoms with Crippen molar-refractivity contribution in [3.63, 3.8) is 0 Å². The Morgan fingerprint density at radius 2 is 1.26 bits per heavy atom. The van der Waals surface area contributed by atoms with Crippen LogP contribution in [-0.2, 0) is 15.9 Å². The van der Waals surface area contributed by atoms with E-state index in [1.54, 1.807) is 0 Å². The van der Waals surface area contributed by atoms with Gasteiger partial charge in [-0.3, -0.25) is 0 Å². The zero-order chi connectivity index (χ0) is 27.0. The topological polar surface area (TPSA) is 27.7 Å². The lowest BCUT2D eigenvalue weighted by molar-refractivity contribution is -0.193. The van der Waals surface area contributed by atoms with Gasteiger partial charge in [-0.1, -0.05) is 109 Å². The Hall–Kier alpha value is -1.98. The van der Waals surface area contributed by atoms with E-state index in [4.69, 9.17) is 14.2 Å². The molecule has 3 rings (SSSR count). The maximum Gasteiger partial charge on any atom is 0.201 e. The van der Waals surface area contributed by atoms with E-state index >= 15 is 0 Å². The minimum Gasteiger partial charge on any atom is -0.490 e. The van der Waals surface area contributed by atoms with Crippen LogP contribution in [0.25, 0.3) is 0 Å². The standard InChI is InChI=1S/C33H48F2O3/c1-3-5-7-9-11-12-14-16-26-17-19-27(20-18-26)28-24-37-33(38-25-28)29-21-22-30(32(35)31(29)34)36-23-15-13-10-8-6-4-2/h17-22,28,33H,3-16,23-25H2,1-2H3. The highest BCUT2D eigenvalue weighted by Crippen LogP contribution is 2.34. The van der Waals surface area contributed by atoms with Crippen molar-refractivity contribution in [1.29, 1.82) is 0 Å². The number of benzene rings is 2. The third-order valence-electron chi connectivity index (χ3n) is 7.50. The number of hydrogen-bond donors (Lipinski definition) is 0. The van der Waals surface area contributed by atoms with Gasteiger partial charge in [0, 0.05) is 11.5 Å². The van der Waals surface area contributed by atoms with Crippen molar-refractivity contribution < 1.29 is 23.0 Å². The number of hydrogen-bond acceptors (Lipinski definition) is 3. The normalized spacial score (nSPS) is 17.6. The minimum absolute atomic E-state index is 0.0509. The van der Waals surface area contributed by atoms with E-state index in [1.165, 1.54) is 81.9 Å². The molecule has 0 bridgehead atoms. The lowest BCUT2D eigenvalue weighted by Gasteiger charge is -2.30. The summed E-state index contributed by atoms with van der Waals surface area (Å²) in [5, 5.41) is 0. The first kappa shape index (κ1) is 30.6. The molecule has 0 radical (unpaired) electrons. The van der Waals surface area contributed by atoms with Crippen LogP contribution in [-0.4, -0.2) is 19.8 Å². The Balaban J connectivity index is 1.40. The van der Waals surface area contributed by atoms with E-state index in [0.717, 1.165) is 31.2 Å². The monoisotopic (exact) mass is 530 g/mol. The fourth-order valence-corrected chi connectivity index (χ4v) is 5.02. The number of aryl methyl sites for hydroxylation is 1. The Kier molecular flexibility index (Phi) is 14.1. The largest absolute Gasteiger partial charge is 0.490 e. The zero-order valence-corrected chi connectivity index (χ0v) is 23.6. The number of rotatable bonds is 18. The molecule has 5 heteroatoms. The van der Waals surface area contributed by atoms with Gasteiger partial charge in [-0.05, 0) is 42.5 Å². The van der Waals surface area contributed by atoms with Crippen LogP contribution in [0.3, 0.4) is 0 Å². The minimum atomic E-state index is -0.973. The molecule has 0 spiro atoms. The van der Waals surface area contributed by atoms with Gasteiger partial charge in [-0.15, -0.1) is 0 Å². The van der Waals surface area contributed by atoms with E-state index < -0.39 is 17.9 Å². The van der Waals surface area contributed by atoms with Crippen LogP contribution in [0.2, 0.25) is 0 Å². The first-order valence-electron chi connectivity index (χ1n) is 15.1. The van der Waals surface area contributed by atoms with Crippen LogP contribution >= 0.6 is 0 Å². The molecular formula is C33H48F2O3. The van der Waals surface area contributed by atoms with Crippen LogP contribution in [0, 0.1) is 11.6 Å². The van der Waals surface area contributed by atoms with Gasteiger partial charge in [-0.2, -0.15) is 4.39 Å². The Morgan fingerprint density at radius 3 is 1.89 bits per heavy atom. The van der Waals surface area contributed by atoms with Crippen LogP contribution in [0.5, 0.6) is 5.75 Å². The molecule has 3 nitrogen and oxygen atoms in total. The van der Waals surface area contributed by atoms with Gasteiger partial charge in [0.15, 0.2) is 17.9 Å². The van der Waals surface area contributed by atoms with Gasteiger partial charge in [0.25, 0.3) is 0 Å². The summed E-state index contributed by atoms with van der Waals surface area (Å²) in [6.45, 7) is 5.62. The van der Waals surface area contributed by atoms with E-state index in [0.29, 0.717) is 19.8 Å². The summed E-state index contributed by atoms with van der Waals surface area (Å²) in [7, 11) is 0. The maximum absolute atomic E-state index is 14.8. The molecule has 0 atom stereocenters. The third-order valence-corrected chi connectivity index (χ3v) is 7.50. The summed E-state index contributed by atoms with van der Waals surface area (Å²) in [6, 6.07) is 11.7. The Bertz CT molecular complexity index is 907. The number of halogens is 2. The van der Waals surface area contributed by atoms with Gasteiger partial charge in [0.2, 0.25) is 5.82 Å². The van der Waals surface area contributed by atoms with E-state index in [9.17, 15) is 8.78 Å². The summed E-state index contributed by atoms with van der Waals surface area (Å²) in [6.07, 6.45) is 16.1. The van der Waals surface area contributed by atoms with Crippen molar-refractivity contribution in [2.75, 3.05) is 19.8 Å². The predicted molar refractivity (Wildman–Crippen MR) is 151 cm³/mol. The zero-order valence-electron chi connectivity index (χ0n) is 23.6. The average molecular weight is 531 g/mol. The average Bonchev–Trinajstić information content (AvgIpc) is 2.95. The summed E-state index contributed by atoms with van der Waals surface area (Å²) in [4.78, 5) is 0. The van der Waals surface area contributed by atoms with Crippen LogP contribution < -0.4 is 4.74 Å². The van der Waals surface area contributed by atoms with Gasteiger partial charge in [-0.25, -0.2) is 4.39 Å². The molecule has 0 amide bonds. The second-order valence-corrected chi connectivity index (χ2v) is 10.7. The molecule has 0 unspecified atom stereocenters.